The minimum absolute atomic E-state index is 0. The number of halogens is 1. The first-order valence-corrected chi connectivity index (χ1v) is 7.70. The van der Waals surface area contributed by atoms with Crippen LogP contribution in [0.25, 0.3) is 10.8 Å². The average molecular weight is 321 g/mol. The van der Waals surface area contributed by atoms with E-state index >= 15 is 0 Å². The van der Waals surface area contributed by atoms with Crippen molar-refractivity contribution in [2.24, 2.45) is 11.7 Å². The summed E-state index contributed by atoms with van der Waals surface area (Å²) in [5.41, 5.74) is 7.19. The number of rotatable bonds is 4. The Hall–Kier alpha value is -1.29. The molecule has 0 spiro atoms. The van der Waals surface area contributed by atoms with Crippen LogP contribution in [0.3, 0.4) is 0 Å². The van der Waals surface area contributed by atoms with Crippen molar-refractivity contribution in [3.05, 3.63) is 42.0 Å². The molecule has 0 aromatic heterocycles. The van der Waals surface area contributed by atoms with E-state index in [4.69, 9.17) is 10.5 Å². The first-order valence-electron chi connectivity index (χ1n) is 7.70. The van der Waals surface area contributed by atoms with Crippen LogP contribution in [-0.2, 0) is 6.54 Å². The normalized spacial score (nSPS) is 21.8. The molecule has 3 rings (SSSR count). The zero-order chi connectivity index (χ0) is 14.8. The van der Waals surface area contributed by atoms with E-state index in [-0.39, 0.29) is 12.4 Å². The van der Waals surface area contributed by atoms with Gasteiger partial charge in [0, 0.05) is 19.1 Å². The van der Waals surface area contributed by atoms with Gasteiger partial charge in [0.1, 0.15) is 5.75 Å². The second-order valence-electron chi connectivity index (χ2n) is 6.16. The maximum atomic E-state index is 5.81. The van der Waals surface area contributed by atoms with Crippen molar-refractivity contribution in [3.8, 4) is 5.75 Å². The van der Waals surface area contributed by atoms with E-state index in [0.717, 1.165) is 25.4 Å². The molecule has 1 aliphatic rings. The Kier molecular flexibility index (Phi) is 5.68. The van der Waals surface area contributed by atoms with Crippen LogP contribution in [0.5, 0.6) is 5.75 Å². The van der Waals surface area contributed by atoms with Crippen molar-refractivity contribution < 1.29 is 4.74 Å². The fraction of sp³-hybridized carbons (Fsp3) is 0.444. The lowest BCUT2D eigenvalue weighted by atomic mass is 10.1. The predicted molar refractivity (Wildman–Crippen MR) is 94.8 cm³/mol. The lowest BCUT2D eigenvalue weighted by Gasteiger charge is -2.21. The third-order valence-electron chi connectivity index (χ3n) is 4.62. The summed E-state index contributed by atoms with van der Waals surface area (Å²) in [5, 5.41) is 2.50. The Balaban J connectivity index is 0.00000176. The molecule has 4 heteroatoms. The van der Waals surface area contributed by atoms with Crippen LogP contribution >= 0.6 is 12.4 Å². The first kappa shape index (κ1) is 17.1. The molecular formula is C18H25ClN2O. The SMILES string of the molecule is COc1ccc2cc(CN3CC(CN)CC3C)ccc2c1.Cl. The zero-order valence-corrected chi connectivity index (χ0v) is 14.1. The van der Waals surface area contributed by atoms with E-state index in [0.29, 0.717) is 12.0 Å². The molecule has 3 nitrogen and oxygen atoms in total. The van der Waals surface area contributed by atoms with Crippen molar-refractivity contribution in [2.45, 2.75) is 25.9 Å². The highest BCUT2D eigenvalue weighted by Gasteiger charge is 2.27. The molecule has 0 aliphatic carbocycles. The Morgan fingerprint density at radius 1 is 1.18 bits per heavy atom. The molecule has 1 heterocycles. The molecule has 1 fully saturated rings. The molecule has 2 atom stereocenters. The molecule has 0 radical (unpaired) electrons. The van der Waals surface area contributed by atoms with Crippen molar-refractivity contribution in [2.75, 3.05) is 20.2 Å². The van der Waals surface area contributed by atoms with Gasteiger partial charge < -0.3 is 10.5 Å². The molecule has 2 N–H and O–H groups in total. The highest BCUT2D eigenvalue weighted by molar-refractivity contribution is 5.85. The summed E-state index contributed by atoms with van der Waals surface area (Å²) in [4.78, 5) is 2.54. The highest BCUT2D eigenvalue weighted by Crippen LogP contribution is 2.26. The van der Waals surface area contributed by atoms with Crippen LogP contribution in [0.2, 0.25) is 0 Å². The van der Waals surface area contributed by atoms with Crippen LogP contribution in [0.1, 0.15) is 18.9 Å². The third kappa shape index (κ3) is 3.54. The molecule has 22 heavy (non-hydrogen) atoms. The van der Waals surface area contributed by atoms with E-state index in [1.807, 2.05) is 6.07 Å². The van der Waals surface area contributed by atoms with E-state index in [1.165, 1.54) is 22.8 Å². The standard InChI is InChI=1S/C18H24N2O.ClH/c1-13-7-15(10-19)12-20(13)11-14-3-4-17-9-18(21-2)6-5-16(17)8-14;/h3-6,8-9,13,15H,7,10-12,19H2,1-2H3;1H. The monoisotopic (exact) mass is 320 g/mol. The van der Waals surface area contributed by atoms with Gasteiger partial charge in [-0.3, -0.25) is 4.90 Å². The van der Waals surface area contributed by atoms with Crippen LogP contribution in [0.15, 0.2) is 36.4 Å². The minimum Gasteiger partial charge on any atom is -0.497 e. The van der Waals surface area contributed by atoms with Gasteiger partial charge in [-0.2, -0.15) is 0 Å². The number of hydrogen-bond acceptors (Lipinski definition) is 3. The lowest BCUT2D eigenvalue weighted by molar-refractivity contribution is 0.256. The maximum Gasteiger partial charge on any atom is 0.119 e. The molecule has 120 valence electrons. The summed E-state index contributed by atoms with van der Waals surface area (Å²) in [5.74, 6) is 1.57. The Morgan fingerprint density at radius 3 is 2.59 bits per heavy atom. The van der Waals surface area contributed by atoms with Gasteiger partial charge in [-0.1, -0.05) is 18.2 Å². The Labute approximate surface area is 138 Å². The van der Waals surface area contributed by atoms with E-state index < -0.39 is 0 Å². The number of nitrogens with two attached hydrogens (primary N) is 1. The summed E-state index contributed by atoms with van der Waals surface area (Å²) in [6, 6.07) is 13.6. The van der Waals surface area contributed by atoms with Gasteiger partial charge in [0.25, 0.3) is 0 Å². The average Bonchev–Trinajstić information content (AvgIpc) is 2.87. The van der Waals surface area contributed by atoms with Gasteiger partial charge in [-0.15, -0.1) is 12.4 Å². The molecule has 1 saturated heterocycles. The number of benzene rings is 2. The predicted octanol–water partition coefficient (Wildman–Crippen LogP) is 3.44. The molecular weight excluding hydrogens is 296 g/mol. The summed E-state index contributed by atoms with van der Waals surface area (Å²) < 4.78 is 5.28. The third-order valence-corrected chi connectivity index (χ3v) is 4.62. The maximum absolute atomic E-state index is 5.81. The van der Waals surface area contributed by atoms with Gasteiger partial charge in [0.2, 0.25) is 0 Å². The molecule has 0 saturated carbocycles. The summed E-state index contributed by atoms with van der Waals surface area (Å²) in [6.07, 6.45) is 1.22. The van der Waals surface area contributed by atoms with Crippen LogP contribution < -0.4 is 10.5 Å². The van der Waals surface area contributed by atoms with Crippen LogP contribution in [0.4, 0.5) is 0 Å². The van der Waals surface area contributed by atoms with Gasteiger partial charge in [0.15, 0.2) is 0 Å². The molecule has 2 aromatic rings. The van der Waals surface area contributed by atoms with Crippen molar-refractivity contribution in [1.82, 2.24) is 4.90 Å². The zero-order valence-electron chi connectivity index (χ0n) is 13.3. The van der Waals surface area contributed by atoms with Crippen molar-refractivity contribution >= 4 is 23.2 Å². The fourth-order valence-electron chi connectivity index (χ4n) is 3.34. The number of methoxy groups -OCH3 is 1. The smallest absolute Gasteiger partial charge is 0.119 e. The second-order valence-corrected chi connectivity index (χ2v) is 6.16. The van der Waals surface area contributed by atoms with Gasteiger partial charge >= 0.3 is 0 Å². The summed E-state index contributed by atoms with van der Waals surface area (Å²) in [7, 11) is 1.71. The van der Waals surface area contributed by atoms with Crippen molar-refractivity contribution in [3.63, 3.8) is 0 Å². The molecule has 0 amide bonds. The lowest BCUT2D eigenvalue weighted by Crippen LogP contribution is -2.27. The quantitative estimate of drug-likeness (QED) is 0.938. The topological polar surface area (TPSA) is 38.5 Å². The summed E-state index contributed by atoms with van der Waals surface area (Å²) in [6.45, 7) is 5.25. The van der Waals surface area contributed by atoms with Crippen molar-refractivity contribution in [1.29, 1.82) is 0 Å². The molecule has 2 aromatic carbocycles. The minimum atomic E-state index is 0. The Morgan fingerprint density at radius 2 is 1.91 bits per heavy atom. The summed E-state index contributed by atoms with van der Waals surface area (Å²) >= 11 is 0. The molecule has 1 aliphatic heterocycles. The number of likely N-dealkylation sites (tertiary alicyclic amines) is 1. The van der Waals surface area contributed by atoms with E-state index in [1.54, 1.807) is 7.11 Å². The Bertz CT molecular complexity index is 632. The van der Waals surface area contributed by atoms with Gasteiger partial charge in [0.05, 0.1) is 7.11 Å². The molecule has 2 unspecified atom stereocenters. The van der Waals surface area contributed by atoms with Gasteiger partial charge in [-0.25, -0.2) is 0 Å². The first-order chi connectivity index (χ1) is 10.2. The number of ether oxygens (including phenoxy) is 1. The molecule has 0 bridgehead atoms. The van der Waals surface area contributed by atoms with Gasteiger partial charge in [-0.05, 0) is 60.3 Å². The number of nitrogens with zero attached hydrogens (tertiary/aromatic N) is 1. The number of fused-ring (bicyclic) bond motifs is 1. The fourth-order valence-corrected chi connectivity index (χ4v) is 3.34. The van der Waals surface area contributed by atoms with E-state index in [2.05, 4.69) is 42.2 Å². The highest BCUT2D eigenvalue weighted by atomic mass is 35.5. The van der Waals surface area contributed by atoms with E-state index in [9.17, 15) is 0 Å². The van der Waals surface area contributed by atoms with Crippen LogP contribution in [0, 0.1) is 5.92 Å². The second kappa shape index (κ2) is 7.32. The van der Waals surface area contributed by atoms with Crippen LogP contribution in [-0.4, -0.2) is 31.1 Å². The largest absolute Gasteiger partial charge is 0.497 e. The number of hydrogen-bond donors (Lipinski definition) is 1.